The molecule has 0 saturated carbocycles. The number of rotatable bonds is 3. The molecular formula is C13H15BrN2O. The number of hydrogen-bond acceptors (Lipinski definition) is 2. The molecule has 0 atom stereocenters. The first-order chi connectivity index (χ1) is 8.13. The van der Waals surface area contributed by atoms with Crippen LogP contribution < -0.4 is 4.74 Å². The van der Waals surface area contributed by atoms with Crippen LogP contribution in [0.3, 0.4) is 0 Å². The highest BCUT2D eigenvalue weighted by atomic mass is 79.9. The maximum atomic E-state index is 5.24. The van der Waals surface area contributed by atoms with E-state index in [1.54, 1.807) is 7.11 Å². The Morgan fingerprint density at radius 2 is 2.12 bits per heavy atom. The molecule has 0 unspecified atom stereocenters. The minimum absolute atomic E-state index is 0.355. The molecule has 0 saturated heterocycles. The summed E-state index contributed by atoms with van der Waals surface area (Å²) in [5.41, 5.74) is 2.20. The molecule has 0 radical (unpaired) electrons. The highest BCUT2D eigenvalue weighted by Crippen LogP contribution is 2.29. The van der Waals surface area contributed by atoms with Gasteiger partial charge in [-0.1, -0.05) is 12.1 Å². The van der Waals surface area contributed by atoms with Crippen LogP contribution in [0, 0.1) is 0 Å². The average molecular weight is 295 g/mol. The van der Waals surface area contributed by atoms with Crippen LogP contribution >= 0.6 is 15.9 Å². The Morgan fingerprint density at radius 1 is 1.35 bits per heavy atom. The topological polar surface area (TPSA) is 27.1 Å². The summed E-state index contributed by atoms with van der Waals surface area (Å²) in [5, 5.41) is 0. The third-order valence-corrected chi connectivity index (χ3v) is 3.22. The number of ether oxygens (including phenoxy) is 1. The molecule has 1 heterocycles. The minimum atomic E-state index is 0.355. The largest absolute Gasteiger partial charge is 0.497 e. The Bertz CT molecular complexity index is 520. The third kappa shape index (κ3) is 2.36. The fraction of sp³-hybridized carbons (Fsp3) is 0.308. The summed E-state index contributed by atoms with van der Waals surface area (Å²) in [6, 6.07) is 8.36. The lowest BCUT2D eigenvalue weighted by atomic mass is 10.1. The van der Waals surface area contributed by atoms with E-state index in [9.17, 15) is 0 Å². The van der Waals surface area contributed by atoms with Crippen molar-refractivity contribution in [1.29, 1.82) is 0 Å². The first kappa shape index (κ1) is 12.2. The second kappa shape index (κ2) is 4.92. The molecule has 0 aliphatic rings. The van der Waals surface area contributed by atoms with Crippen LogP contribution in [0.2, 0.25) is 0 Å². The number of imidazole rings is 1. The van der Waals surface area contributed by atoms with E-state index in [-0.39, 0.29) is 0 Å². The lowest BCUT2D eigenvalue weighted by molar-refractivity contribution is 0.415. The Balaban J connectivity index is 2.52. The zero-order chi connectivity index (χ0) is 12.4. The van der Waals surface area contributed by atoms with Gasteiger partial charge in [-0.2, -0.15) is 0 Å². The van der Waals surface area contributed by atoms with Crippen LogP contribution in [-0.4, -0.2) is 16.7 Å². The number of methoxy groups -OCH3 is 1. The summed E-state index contributed by atoms with van der Waals surface area (Å²) in [6.45, 7) is 4.27. The van der Waals surface area contributed by atoms with Crippen LogP contribution in [0.1, 0.15) is 19.9 Å². The van der Waals surface area contributed by atoms with Gasteiger partial charge in [0.2, 0.25) is 0 Å². The van der Waals surface area contributed by atoms with Crippen molar-refractivity contribution in [1.82, 2.24) is 9.55 Å². The maximum Gasteiger partial charge on any atom is 0.177 e. The lowest BCUT2D eigenvalue weighted by Crippen LogP contribution is -2.03. The predicted molar refractivity (Wildman–Crippen MR) is 72.3 cm³/mol. The fourth-order valence-corrected chi connectivity index (χ4v) is 2.53. The molecule has 0 aliphatic heterocycles. The molecular weight excluding hydrogens is 280 g/mol. The van der Waals surface area contributed by atoms with Crippen LogP contribution in [0.25, 0.3) is 11.3 Å². The van der Waals surface area contributed by atoms with E-state index in [0.29, 0.717) is 6.04 Å². The Hall–Kier alpha value is -1.29. The summed E-state index contributed by atoms with van der Waals surface area (Å²) >= 11 is 3.47. The normalized spacial score (nSPS) is 10.9. The molecule has 1 aromatic heterocycles. The Morgan fingerprint density at radius 3 is 2.76 bits per heavy atom. The van der Waals surface area contributed by atoms with Crippen LogP contribution in [0.4, 0.5) is 0 Å². The molecule has 0 amide bonds. The molecule has 2 rings (SSSR count). The van der Waals surface area contributed by atoms with Gasteiger partial charge in [0.05, 0.1) is 19.0 Å². The first-order valence-electron chi connectivity index (χ1n) is 5.50. The molecule has 0 aliphatic carbocycles. The highest BCUT2D eigenvalue weighted by molar-refractivity contribution is 9.10. The van der Waals surface area contributed by atoms with Crippen molar-refractivity contribution in [3.63, 3.8) is 0 Å². The van der Waals surface area contributed by atoms with Crippen molar-refractivity contribution in [3.05, 3.63) is 35.2 Å². The maximum absolute atomic E-state index is 5.24. The SMILES string of the molecule is COc1cccc(-c2cnc(Br)n2C(C)C)c1. The molecule has 0 bridgehead atoms. The second-order valence-electron chi connectivity index (χ2n) is 4.11. The molecule has 3 nitrogen and oxygen atoms in total. The van der Waals surface area contributed by atoms with E-state index in [4.69, 9.17) is 4.74 Å². The quantitative estimate of drug-likeness (QED) is 0.858. The summed E-state index contributed by atoms with van der Waals surface area (Å²) in [7, 11) is 1.68. The van der Waals surface area contributed by atoms with E-state index in [1.165, 1.54) is 0 Å². The molecule has 17 heavy (non-hydrogen) atoms. The van der Waals surface area contributed by atoms with E-state index >= 15 is 0 Å². The molecule has 0 N–H and O–H groups in total. The Kier molecular flexibility index (Phi) is 3.52. The summed E-state index contributed by atoms with van der Waals surface area (Å²) < 4.78 is 8.24. The van der Waals surface area contributed by atoms with Crippen LogP contribution in [-0.2, 0) is 0 Å². The zero-order valence-electron chi connectivity index (χ0n) is 10.1. The monoisotopic (exact) mass is 294 g/mol. The number of hydrogen-bond donors (Lipinski definition) is 0. The summed E-state index contributed by atoms with van der Waals surface area (Å²) in [4.78, 5) is 4.31. The van der Waals surface area contributed by atoms with E-state index in [1.807, 2.05) is 24.4 Å². The predicted octanol–water partition coefficient (Wildman–Crippen LogP) is 3.90. The van der Waals surface area contributed by atoms with E-state index in [0.717, 1.165) is 21.7 Å². The van der Waals surface area contributed by atoms with Gasteiger partial charge >= 0.3 is 0 Å². The van der Waals surface area contributed by atoms with Gasteiger partial charge in [0, 0.05) is 11.6 Å². The molecule has 2 aromatic rings. The fourth-order valence-electron chi connectivity index (χ4n) is 1.83. The molecule has 0 fully saturated rings. The zero-order valence-corrected chi connectivity index (χ0v) is 11.7. The van der Waals surface area contributed by atoms with Crippen molar-refractivity contribution < 1.29 is 4.74 Å². The highest BCUT2D eigenvalue weighted by Gasteiger charge is 2.12. The summed E-state index contributed by atoms with van der Waals surface area (Å²) in [5.74, 6) is 0.857. The van der Waals surface area contributed by atoms with Crippen molar-refractivity contribution >= 4 is 15.9 Å². The van der Waals surface area contributed by atoms with Crippen LogP contribution in [0.5, 0.6) is 5.75 Å². The number of aromatic nitrogens is 2. The molecule has 4 heteroatoms. The van der Waals surface area contributed by atoms with Crippen molar-refractivity contribution in [3.8, 4) is 17.0 Å². The van der Waals surface area contributed by atoms with Gasteiger partial charge in [0.1, 0.15) is 5.75 Å². The first-order valence-corrected chi connectivity index (χ1v) is 6.30. The van der Waals surface area contributed by atoms with Gasteiger partial charge in [0.15, 0.2) is 4.73 Å². The minimum Gasteiger partial charge on any atom is -0.497 e. The van der Waals surface area contributed by atoms with Gasteiger partial charge in [0.25, 0.3) is 0 Å². The van der Waals surface area contributed by atoms with E-state index in [2.05, 4.69) is 45.4 Å². The van der Waals surface area contributed by atoms with Gasteiger partial charge in [-0.25, -0.2) is 4.98 Å². The average Bonchev–Trinajstić information content (AvgIpc) is 2.71. The van der Waals surface area contributed by atoms with Crippen molar-refractivity contribution in [2.75, 3.05) is 7.11 Å². The number of nitrogens with zero attached hydrogens (tertiary/aromatic N) is 2. The standard InChI is InChI=1S/C13H15BrN2O/c1-9(2)16-12(8-15-13(16)14)10-5-4-6-11(7-10)17-3/h4-9H,1-3H3. The molecule has 90 valence electrons. The Labute approximate surface area is 110 Å². The van der Waals surface area contributed by atoms with Gasteiger partial charge < -0.3 is 9.30 Å². The van der Waals surface area contributed by atoms with Crippen molar-refractivity contribution in [2.45, 2.75) is 19.9 Å². The third-order valence-electron chi connectivity index (χ3n) is 2.63. The van der Waals surface area contributed by atoms with Gasteiger partial charge in [-0.3, -0.25) is 0 Å². The van der Waals surface area contributed by atoms with E-state index < -0.39 is 0 Å². The van der Waals surface area contributed by atoms with Gasteiger partial charge in [-0.05, 0) is 41.9 Å². The lowest BCUT2D eigenvalue weighted by Gasteiger charge is -2.13. The second-order valence-corrected chi connectivity index (χ2v) is 4.82. The number of benzene rings is 1. The van der Waals surface area contributed by atoms with Gasteiger partial charge in [-0.15, -0.1) is 0 Å². The summed E-state index contributed by atoms with van der Waals surface area (Å²) in [6.07, 6.45) is 1.87. The smallest absolute Gasteiger partial charge is 0.177 e. The van der Waals surface area contributed by atoms with Crippen LogP contribution in [0.15, 0.2) is 35.2 Å². The van der Waals surface area contributed by atoms with Crippen molar-refractivity contribution in [2.24, 2.45) is 0 Å². The molecule has 0 spiro atoms. The molecule has 1 aromatic carbocycles. The number of halogens is 1.